The number of aromatic nitrogens is 1. The number of amides is 4. The lowest BCUT2D eigenvalue weighted by Crippen LogP contribution is -2.58. The second kappa shape index (κ2) is 25.7. The van der Waals surface area contributed by atoms with E-state index in [-0.39, 0.29) is 69.7 Å². The molecule has 1 fully saturated rings. The number of ether oxygens (including phenoxy) is 5. The minimum Gasteiger partial charge on any atom is -0.391 e. The van der Waals surface area contributed by atoms with Gasteiger partial charge >= 0.3 is 0 Å². The lowest BCUT2D eigenvalue weighted by Gasteiger charge is -2.35. The maximum Gasteiger partial charge on any atom is 0.246 e. The Morgan fingerprint density at radius 2 is 1.50 bits per heavy atom. The van der Waals surface area contributed by atoms with E-state index in [1.165, 1.54) is 4.90 Å². The summed E-state index contributed by atoms with van der Waals surface area (Å²) in [6, 6.07) is 13.9. The van der Waals surface area contributed by atoms with Gasteiger partial charge in [-0.3, -0.25) is 19.2 Å². The van der Waals surface area contributed by atoms with Crippen LogP contribution in [0.3, 0.4) is 0 Å². The highest BCUT2D eigenvalue weighted by Gasteiger charge is 2.44. The number of aliphatic hydroxyl groups excluding tert-OH is 1. The summed E-state index contributed by atoms with van der Waals surface area (Å²) in [5, 5.41) is 16.2. The van der Waals surface area contributed by atoms with Gasteiger partial charge in [0.25, 0.3) is 0 Å². The molecule has 0 radical (unpaired) electrons. The van der Waals surface area contributed by atoms with Gasteiger partial charge in [0.05, 0.1) is 81.1 Å². The van der Waals surface area contributed by atoms with Gasteiger partial charge in [-0.1, -0.05) is 69.3 Å². The average Bonchev–Trinajstić information content (AvgIpc) is 3.86. The normalized spacial score (nSPS) is 16.8. The number of carbonyl (C=O) groups is 4. The van der Waals surface area contributed by atoms with Gasteiger partial charge in [0.2, 0.25) is 23.6 Å². The highest BCUT2D eigenvalue weighted by atomic mass is 32.1. The van der Waals surface area contributed by atoms with E-state index >= 15 is 0 Å². The SMILES string of the molecule is Cc1ncsc1-c1ccc(CNC(=O)[C@@H]2C[C@@H](O)CN2C(=O)[C@@H](NC(=O)COCCOCCOCCOCCc2ccc(CO[C@H](C)[C@@H](N)CCC(N)=O)cc2)C(C)(C)C)cc1. The first-order chi connectivity index (χ1) is 29.6. The molecule has 0 saturated carbocycles. The molecule has 5 atom stereocenters. The van der Waals surface area contributed by atoms with Gasteiger partial charge in [0, 0.05) is 32.0 Å². The molecule has 3 aromatic rings. The Balaban J connectivity index is 1.05. The monoisotopic (exact) mass is 882 g/mol. The predicted octanol–water partition coefficient (Wildman–Crippen LogP) is 3.03. The first kappa shape index (κ1) is 50.3. The largest absolute Gasteiger partial charge is 0.391 e. The average molecular weight is 883 g/mol. The number of primary amides is 1. The zero-order valence-corrected chi connectivity index (χ0v) is 37.6. The minimum atomic E-state index is -0.958. The fourth-order valence-electron chi connectivity index (χ4n) is 6.69. The molecule has 0 bridgehead atoms. The van der Waals surface area contributed by atoms with Crippen LogP contribution < -0.4 is 22.1 Å². The molecule has 0 unspecified atom stereocenters. The Hall–Kier alpha value is -4.33. The van der Waals surface area contributed by atoms with Crippen LogP contribution in [-0.2, 0) is 62.4 Å². The van der Waals surface area contributed by atoms with Crippen LogP contribution in [0.1, 0.15) is 69.3 Å². The molecule has 1 aliphatic rings. The van der Waals surface area contributed by atoms with Crippen LogP contribution in [0.25, 0.3) is 10.4 Å². The van der Waals surface area contributed by atoms with Crippen molar-refractivity contribution in [3.05, 3.63) is 76.4 Å². The van der Waals surface area contributed by atoms with E-state index in [2.05, 4.69) is 15.6 Å². The Morgan fingerprint density at radius 3 is 2.10 bits per heavy atom. The summed E-state index contributed by atoms with van der Waals surface area (Å²) in [6.45, 7) is 12.3. The molecule has 342 valence electrons. The number of hydrogen-bond acceptors (Lipinski definition) is 13. The number of nitrogens with one attached hydrogen (secondary N) is 2. The molecular weight excluding hydrogens is 817 g/mol. The van der Waals surface area contributed by atoms with Crippen molar-refractivity contribution in [2.45, 2.75) is 104 Å². The Bertz CT molecular complexity index is 1840. The first-order valence-corrected chi connectivity index (χ1v) is 22.1. The zero-order valence-electron chi connectivity index (χ0n) is 36.8. The molecule has 7 N–H and O–H groups in total. The molecule has 16 nitrogen and oxygen atoms in total. The van der Waals surface area contributed by atoms with Gasteiger partial charge in [-0.05, 0) is 54.4 Å². The number of benzene rings is 2. The number of β-amino-alcohol motifs (C(OH)–C–C–N with tert-alkyl or cyclic N) is 1. The molecule has 2 aromatic carbocycles. The van der Waals surface area contributed by atoms with Crippen molar-refractivity contribution >= 4 is 35.0 Å². The van der Waals surface area contributed by atoms with Crippen LogP contribution in [0.2, 0.25) is 0 Å². The van der Waals surface area contributed by atoms with Crippen LogP contribution in [0.15, 0.2) is 54.0 Å². The Morgan fingerprint density at radius 1 is 0.903 bits per heavy atom. The van der Waals surface area contributed by atoms with Crippen molar-refractivity contribution in [3.8, 4) is 10.4 Å². The van der Waals surface area contributed by atoms with E-state index < -0.39 is 35.4 Å². The third-order valence-corrected chi connectivity index (χ3v) is 11.4. The summed E-state index contributed by atoms with van der Waals surface area (Å²) in [7, 11) is 0. The Kier molecular flexibility index (Phi) is 20.9. The number of nitrogens with two attached hydrogens (primary N) is 2. The zero-order chi connectivity index (χ0) is 45.1. The van der Waals surface area contributed by atoms with Crippen LogP contribution in [0.4, 0.5) is 0 Å². The number of aliphatic hydroxyl groups is 1. The topological polar surface area (TPSA) is 227 Å². The summed E-state index contributed by atoms with van der Waals surface area (Å²) in [5.41, 5.74) is 17.5. The van der Waals surface area contributed by atoms with E-state index in [4.69, 9.17) is 35.2 Å². The van der Waals surface area contributed by atoms with Crippen molar-refractivity contribution in [3.63, 3.8) is 0 Å². The number of hydrogen-bond donors (Lipinski definition) is 5. The van der Waals surface area contributed by atoms with Crippen molar-refractivity contribution in [1.29, 1.82) is 0 Å². The lowest BCUT2D eigenvalue weighted by molar-refractivity contribution is -0.144. The number of aryl methyl sites for hydroxylation is 1. The summed E-state index contributed by atoms with van der Waals surface area (Å²) in [6.07, 6.45) is 0.540. The first-order valence-electron chi connectivity index (χ1n) is 21.2. The van der Waals surface area contributed by atoms with Crippen LogP contribution in [0, 0.1) is 12.3 Å². The smallest absolute Gasteiger partial charge is 0.246 e. The molecule has 1 aliphatic heterocycles. The summed E-state index contributed by atoms with van der Waals surface area (Å²) in [4.78, 5) is 57.9. The summed E-state index contributed by atoms with van der Waals surface area (Å²) < 4.78 is 28.2. The van der Waals surface area contributed by atoms with Crippen molar-refractivity contribution in [2.24, 2.45) is 16.9 Å². The Labute approximate surface area is 369 Å². The number of carbonyl (C=O) groups excluding carboxylic acids is 4. The highest BCUT2D eigenvalue weighted by Crippen LogP contribution is 2.28. The van der Waals surface area contributed by atoms with Crippen LogP contribution in [-0.4, -0.2) is 128 Å². The van der Waals surface area contributed by atoms with Gasteiger partial charge in [-0.25, -0.2) is 4.98 Å². The molecule has 0 aliphatic carbocycles. The highest BCUT2D eigenvalue weighted by molar-refractivity contribution is 7.13. The van der Waals surface area contributed by atoms with E-state index in [0.717, 1.165) is 39.2 Å². The van der Waals surface area contributed by atoms with E-state index in [0.29, 0.717) is 46.1 Å². The minimum absolute atomic E-state index is 0.0134. The number of nitrogens with zero attached hydrogens (tertiary/aromatic N) is 2. The van der Waals surface area contributed by atoms with Crippen LogP contribution >= 0.6 is 11.3 Å². The fourth-order valence-corrected chi connectivity index (χ4v) is 7.51. The molecule has 0 spiro atoms. The molecule has 62 heavy (non-hydrogen) atoms. The number of thiazole rings is 1. The quantitative estimate of drug-likeness (QED) is 0.0697. The van der Waals surface area contributed by atoms with Crippen molar-refractivity contribution < 1.29 is 48.0 Å². The molecule has 1 aromatic heterocycles. The second-order valence-corrected chi connectivity index (χ2v) is 17.4. The standard InChI is InChI=1S/C45H66N6O10S/c1-30-41(62-29-49-30)35-12-10-33(11-13-35)25-48-43(55)38-24-36(52)26-51(38)44(56)42(45(3,4)5)50-40(54)28-60-23-22-59-21-20-58-19-18-57-17-16-32-6-8-34(9-7-32)27-61-31(2)37(46)14-15-39(47)53/h6-13,29,31,36-38,42,52H,14-28,46H2,1-5H3,(H2,47,53)(H,48,55)(H,50,54)/t31-,36-,37+,38+,42-/m1/s1. The van der Waals surface area contributed by atoms with Crippen molar-refractivity contribution in [2.75, 3.05) is 59.4 Å². The van der Waals surface area contributed by atoms with E-state index in [9.17, 15) is 24.3 Å². The third kappa shape index (κ3) is 17.1. The molecule has 1 saturated heterocycles. The summed E-state index contributed by atoms with van der Waals surface area (Å²) in [5.74, 6) is -1.66. The lowest BCUT2D eigenvalue weighted by atomic mass is 9.85. The predicted molar refractivity (Wildman–Crippen MR) is 236 cm³/mol. The van der Waals surface area contributed by atoms with Gasteiger partial charge < -0.3 is 55.8 Å². The van der Waals surface area contributed by atoms with Crippen molar-refractivity contribution in [1.82, 2.24) is 20.5 Å². The van der Waals surface area contributed by atoms with Gasteiger partial charge in [-0.2, -0.15) is 0 Å². The molecule has 4 rings (SSSR count). The number of rotatable bonds is 27. The van der Waals surface area contributed by atoms with Crippen LogP contribution in [0.5, 0.6) is 0 Å². The van der Waals surface area contributed by atoms with E-state index in [1.54, 1.807) is 11.3 Å². The molecule has 17 heteroatoms. The molecule has 4 amide bonds. The maximum absolute atomic E-state index is 13.9. The fraction of sp³-hybridized carbons (Fsp3) is 0.578. The second-order valence-electron chi connectivity index (χ2n) is 16.6. The number of likely N-dealkylation sites (tertiary alicyclic amines) is 1. The van der Waals surface area contributed by atoms with E-state index in [1.807, 2.05) is 88.7 Å². The van der Waals surface area contributed by atoms with Gasteiger partial charge in [0.15, 0.2) is 0 Å². The third-order valence-electron chi connectivity index (χ3n) is 10.5. The molecular formula is C45H66N6O10S. The molecule has 2 heterocycles. The van der Waals surface area contributed by atoms with Gasteiger partial charge in [-0.15, -0.1) is 11.3 Å². The van der Waals surface area contributed by atoms with Gasteiger partial charge in [0.1, 0.15) is 18.7 Å². The summed E-state index contributed by atoms with van der Waals surface area (Å²) >= 11 is 1.57. The maximum atomic E-state index is 13.9.